The number of aromatic nitrogens is 2. The molecule has 6 nitrogen and oxygen atoms in total. The highest BCUT2D eigenvalue weighted by Gasteiger charge is 2.50. The number of hydrogen-bond acceptors (Lipinski definition) is 5. The summed E-state index contributed by atoms with van der Waals surface area (Å²) in [5, 5.41) is 14.9. The van der Waals surface area contributed by atoms with Crippen molar-refractivity contribution in [2.45, 2.75) is 37.1 Å². The van der Waals surface area contributed by atoms with Crippen LogP contribution in [-0.2, 0) is 16.0 Å². The van der Waals surface area contributed by atoms with Crippen LogP contribution in [0.4, 0.5) is 0 Å². The zero-order valence-corrected chi connectivity index (χ0v) is 13.1. The monoisotopic (exact) mass is 335 g/mol. The van der Waals surface area contributed by atoms with E-state index in [0.29, 0.717) is 18.2 Å². The van der Waals surface area contributed by atoms with Gasteiger partial charge in [-0.1, -0.05) is 29.8 Å². The third kappa shape index (κ3) is 2.77. The third-order valence-corrected chi connectivity index (χ3v) is 4.85. The van der Waals surface area contributed by atoms with Crippen molar-refractivity contribution in [2.24, 2.45) is 0 Å². The number of halogens is 1. The van der Waals surface area contributed by atoms with Gasteiger partial charge in [0.15, 0.2) is 6.29 Å². The Labute approximate surface area is 139 Å². The Morgan fingerprint density at radius 2 is 2.26 bits per heavy atom. The van der Waals surface area contributed by atoms with Crippen molar-refractivity contribution in [3.63, 3.8) is 0 Å². The highest BCUT2D eigenvalue weighted by atomic mass is 35.5. The van der Waals surface area contributed by atoms with E-state index in [0.717, 1.165) is 5.56 Å². The number of fused-ring (bicyclic) bond motifs is 2. The maximum absolute atomic E-state index is 10.8. The van der Waals surface area contributed by atoms with Crippen molar-refractivity contribution in [2.75, 3.05) is 6.61 Å². The Hall–Kier alpha value is -1.44. The van der Waals surface area contributed by atoms with Crippen LogP contribution in [0.1, 0.15) is 11.6 Å². The van der Waals surface area contributed by atoms with E-state index in [4.69, 9.17) is 21.1 Å². The molecule has 3 heterocycles. The molecule has 2 fully saturated rings. The second kappa shape index (κ2) is 6.22. The molecule has 2 saturated heterocycles. The van der Waals surface area contributed by atoms with Crippen LogP contribution in [0.5, 0.6) is 0 Å². The van der Waals surface area contributed by atoms with E-state index >= 15 is 0 Å². The summed E-state index contributed by atoms with van der Waals surface area (Å²) >= 11 is 6.20. The average molecular weight is 336 g/mol. The summed E-state index contributed by atoms with van der Waals surface area (Å²) in [7, 11) is 0. The fraction of sp³-hybridized carbons (Fsp3) is 0.438. The van der Waals surface area contributed by atoms with Crippen LogP contribution in [-0.4, -0.2) is 45.8 Å². The van der Waals surface area contributed by atoms with Gasteiger partial charge in [-0.3, -0.25) is 0 Å². The van der Waals surface area contributed by atoms with Crippen LogP contribution in [0.3, 0.4) is 0 Å². The number of nitrogens with zero attached hydrogens (tertiary/aromatic N) is 2. The Kier molecular flexibility index (Phi) is 4.09. The lowest BCUT2D eigenvalue weighted by molar-refractivity contribution is -0.165. The molecule has 0 aliphatic carbocycles. The standard InChI is InChI=1S/C16H18ClN3O3/c17-11-4-2-1-3-10(11)7-19-13-12-8-22-16(23-12)14(15(13)21)20-6-5-18-9-20/h1-6,9,12-16,19,21H,7-8H2. The van der Waals surface area contributed by atoms with Crippen molar-refractivity contribution < 1.29 is 14.6 Å². The topological polar surface area (TPSA) is 68.5 Å². The first-order valence-corrected chi connectivity index (χ1v) is 8.01. The quantitative estimate of drug-likeness (QED) is 0.883. The molecule has 1 aromatic carbocycles. The van der Waals surface area contributed by atoms with E-state index in [9.17, 15) is 5.11 Å². The molecule has 1 aromatic heterocycles. The normalized spacial score (nSPS) is 33.0. The molecule has 5 atom stereocenters. The Morgan fingerprint density at radius 1 is 1.39 bits per heavy atom. The van der Waals surface area contributed by atoms with Gasteiger partial charge in [0, 0.05) is 24.0 Å². The van der Waals surface area contributed by atoms with Crippen molar-refractivity contribution in [3.05, 3.63) is 53.6 Å². The Bertz CT molecular complexity index is 666. The van der Waals surface area contributed by atoms with E-state index in [1.54, 1.807) is 12.5 Å². The summed E-state index contributed by atoms with van der Waals surface area (Å²) in [6.45, 7) is 1.02. The number of rotatable bonds is 4. The van der Waals surface area contributed by atoms with Crippen molar-refractivity contribution in [3.8, 4) is 0 Å². The molecule has 2 aromatic rings. The fourth-order valence-corrected chi connectivity index (χ4v) is 3.49. The largest absolute Gasteiger partial charge is 0.389 e. The number of ether oxygens (including phenoxy) is 2. The summed E-state index contributed by atoms with van der Waals surface area (Å²) in [4.78, 5) is 4.05. The van der Waals surface area contributed by atoms with Crippen LogP contribution in [0.2, 0.25) is 5.02 Å². The second-order valence-electron chi connectivity index (χ2n) is 5.87. The first-order valence-electron chi connectivity index (χ1n) is 7.63. The van der Waals surface area contributed by atoms with Crippen LogP contribution >= 0.6 is 11.6 Å². The van der Waals surface area contributed by atoms with Gasteiger partial charge in [-0.25, -0.2) is 4.98 Å². The summed E-state index contributed by atoms with van der Waals surface area (Å²) in [6, 6.07) is 7.11. The maximum atomic E-state index is 10.8. The molecule has 2 N–H and O–H groups in total. The van der Waals surface area contributed by atoms with Gasteiger partial charge < -0.3 is 24.5 Å². The van der Waals surface area contributed by atoms with Gasteiger partial charge in [0.2, 0.25) is 0 Å². The minimum Gasteiger partial charge on any atom is -0.389 e. The molecule has 122 valence electrons. The summed E-state index contributed by atoms with van der Waals surface area (Å²) in [5.41, 5.74) is 0.988. The summed E-state index contributed by atoms with van der Waals surface area (Å²) in [5.74, 6) is 0. The SMILES string of the molecule is OC1C(NCc2ccccc2Cl)C2COC(O2)C1n1ccnc1. The van der Waals surface area contributed by atoms with E-state index < -0.39 is 12.4 Å². The summed E-state index contributed by atoms with van der Waals surface area (Å²) in [6.07, 6.45) is 3.91. The Balaban J connectivity index is 1.52. The molecule has 0 radical (unpaired) electrons. The third-order valence-electron chi connectivity index (χ3n) is 4.49. The molecule has 2 bridgehead atoms. The molecule has 5 unspecified atom stereocenters. The molecular weight excluding hydrogens is 318 g/mol. The smallest absolute Gasteiger partial charge is 0.181 e. The zero-order chi connectivity index (χ0) is 15.8. The average Bonchev–Trinajstić information content (AvgIpc) is 3.21. The highest BCUT2D eigenvalue weighted by Crippen LogP contribution is 2.35. The molecule has 0 amide bonds. The second-order valence-corrected chi connectivity index (χ2v) is 6.27. The van der Waals surface area contributed by atoms with Gasteiger partial charge >= 0.3 is 0 Å². The van der Waals surface area contributed by atoms with Gasteiger partial charge in [-0.05, 0) is 11.6 Å². The number of aliphatic hydroxyl groups is 1. The highest BCUT2D eigenvalue weighted by molar-refractivity contribution is 6.31. The van der Waals surface area contributed by atoms with Crippen molar-refractivity contribution in [1.82, 2.24) is 14.9 Å². The molecule has 2 aliphatic rings. The molecule has 0 spiro atoms. The summed E-state index contributed by atoms with van der Waals surface area (Å²) < 4.78 is 13.4. The predicted octanol–water partition coefficient (Wildman–Crippen LogP) is 1.35. The molecular formula is C16H18ClN3O3. The van der Waals surface area contributed by atoms with Crippen molar-refractivity contribution in [1.29, 1.82) is 0 Å². The number of aliphatic hydroxyl groups excluding tert-OH is 1. The molecule has 7 heteroatoms. The predicted molar refractivity (Wildman–Crippen MR) is 84.0 cm³/mol. The van der Waals surface area contributed by atoms with E-state index in [1.165, 1.54) is 0 Å². The fourth-order valence-electron chi connectivity index (χ4n) is 3.29. The van der Waals surface area contributed by atoms with Gasteiger partial charge in [-0.2, -0.15) is 0 Å². The Morgan fingerprint density at radius 3 is 3.04 bits per heavy atom. The maximum Gasteiger partial charge on any atom is 0.181 e. The van der Waals surface area contributed by atoms with Gasteiger partial charge in [0.05, 0.1) is 25.1 Å². The number of imidazole rings is 1. The first kappa shape index (κ1) is 15.1. The molecule has 23 heavy (non-hydrogen) atoms. The van der Waals surface area contributed by atoms with Gasteiger partial charge in [0.25, 0.3) is 0 Å². The van der Waals surface area contributed by atoms with Crippen LogP contribution in [0, 0.1) is 0 Å². The number of benzene rings is 1. The minimum absolute atomic E-state index is 0.169. The van der Waals surface area contributed by atoms with E-state index in [2.05, 4.69) is 10.3 Å². The van der Waals surface area contributed by atoms with Crippen LogP contribution in [0.25, 0.3) is 0 Å². The van der Waals surface area contributed by atoms with Gasteiger partial charge in [-0.15, -0.1) is 0 Å². The number of nitrogens with one attached hydrogen (secondary N) is 1. The minimum atomic E-state index is -0.641. The van der Waals surface area contributed by atoms with E-state index in [-0.39, 0.29) is 18.2 Å². The number of hydrogen-bond donors (Lipinski definition) is 2. The van der Waals surface area contributed by atoms with Crippen LogP contribution < -0.4 is 5.32 Å². The molecule has 2 aliphatic heterocycles. The van der Waals surface area contributed by atoms with Crippen LogP contribution in [0.15, 0.2) is 43.0 Å². The zero-order valence-electron chi connectivity index (χ0n) is 12.4. The molecule has 0 saturated carbocycles. The van der Waals surface area contributed by atoms with E-state index in [1.807, 2.05) is 35.0 Å². The lowest BCUT2D eigenvalue weighted by Gasteiger charge is -2.39. The lowest BCUT2D eigenvalue weighted by Crippen LogP contribution is -2.57. The first-order chi connectivity index (χ1) is 11.2. The van der Waals surface area contributed by atoms with Gasteiger partial charge in [0.1, 0.15) is 12.1 Å². The van der Waals surface area contributed by atoms with Crippen molar-refractivity contribution >= 4 is 11.6 Å². The molecule has 4 rings (SSSR count). The lowest BCUT2D eigenvalue weighted by atomic mass is 9.95.